The van der Waals surface area contributed by atoms with Crippen LogP contribution in [0.5, 0.6) is 0 Å². The van der Waals surface area contributed by atoms with E-state index in [4.69, 9.17) is 0 Å². The molecule has 26 heavy (non-hydrogen) atoms. The van der Waals surface area contributed by atoms with E-state index in [-0.39, 0.29) is 0 Å². The molecule has 2 heterocycles. The van der Waals surface area contributed by atoms with Crippen molar-refractivity contribution in [3.63, 3.8) is 0 Å². The van der Waals surface area contributed by atoms with Crippen molar-refractivity contribution in [2.45, 2.75) is 39.3 Å². The van der Waals surface area contributed by atoms with Crippen LogP contribution < -0.4 is 10.6 Å². The summed E-state index contributed by atoms with van der Waals surface area (Å²) in [6.45, 7) is 9.56. The van der Waals surface area contributed by atoms with Crippen molar-refractivity contribution in [2.75, 3.05) is 39.3 Å². The molecule has 148 valence electrons. The third kappa shape index (κ3) is 7.11. The normalized spacial score (nSPS) is 17.5. The maximum atomic E-state index is 12.6. The van der Waals surface area contributed by atoms with Gasteiger partial charge in [0.05, 0.1) is 5.01 Å². The molecule has 1 aliphatic rings. The summed E-state index contributed by atoms with van der Waals surface area (Å²) in [5.74, 6) is 1.17. The lowest BCUT2D eigenvalue weighted by Crippen LogP contribution is -2.39. The molecule has 0 amide bonds. The molecule has 0 spiro atoms. The molecule has 0 saturated carbocycles. The number of thiazole rings is 1. The van der Waals surface area contributed by atoms with Gasteiger partial charge >= 0.3 is 6.18 Å². The Morgan fingerprint density at radius 2 is 2.08 bits per heavy atom. The average molecular weight is 392 g/mol. The number of alkyl halides is 3. The zero-order chi connectivity index (χ0) is 19.0. The van der Waals surface area contributed by atoms with E-state index in [0.29, 0.717) is 29.9 Å². The molecular weight excluding hydrogens is 363 g/mol. The number of aliphatic imine (C=N–C) groups is 1. The van der Waals surface area contributed by atoms with Crippen LogP contribution in [0.2, 0.25) is 0 Å². The highest BCUT2D eigenvalue weighted by atomic mass is 32.1. The van der Waals surface area contributed by atoms with Gasteiger partial charge in [0, 0.05) is 38.0 Å². The summed E-state index contributed by atoms with van der Waals surface area (Å²) in [5.41, 5.74) is -0.811. The molecule has 0 radical (unpaired) electrons. The minimum atomic E-state index is -4.37. The van der Waals surface area contributed by atoms with Crippen LogP contribution in [0.1, 0.15) is 37.4 Å². The van der Waals surface area contributed by atoms with Crippen LogP contribution >= 0.6 is 11.3 Å². The lowest BCUT2D eigenvalue weighted by molar-refractivity contribution is -0.140. The zero-order valence-corrected chi connectivity index (χ0v) is 16.2. The van der Waals surface area contributed by atoms with Gasteiger partial charge < -0.3 is 15.5 Å². The maximum absolute atomic E-state index is 12.6. The first-order valence-corrected chi connectivity index (χ1v) is 10.0. The number of nitrogens with zero attached hydrogens (tertiary/aromatic N) is 3. The summed E-state index contributed by atoms with van der Waals surface area (Å²) in [6.07, 6.45) is -1.36. The van der Waals surface area contributed by atoms with Crippen molar-refractivity contribution < 1.29 is 13.2 Å². The Morgan fingerprint density at radius 1 is 1.35 bits per heavy atom. The van der Waals surface area contributed by atoms with E-state index in [2.05, 4.69) is 32.4 Å². The first-order chi connectivity index (χ1) is 12.4. The van der Waals surface area contributed by atoms with Crippen LogP contribution in [0.4, 0.5) is 13.2 Å². The molecule has 2 N–H and O–H groups in total. The van der Waals surface area contributed by atoms with Gasteiger partial charge in [-0.1, -0.05) is 6.92 Å². The predicted molar refractivity (Wildman–Crippen MR) is 99.6 cm³/mol. The Hall–Kier alpha value is -1.35. The van der Waals surface area contributed by atoms with Crippen molar-refractivity contribution >= 4 is 17.3 Å². The second-order valence-electron chi connectivity index (χ2n) is 6.63. The fraction of sp³-hybridized carbons (Fsp3) is 0.765. The number of likely N-dealkylation sites (tertiary alicyclic amines) is 1. The Labute approximate surface area is 157 Å². The summed E-state index contributed by atoms with van der Waals surface area (Å²) >= 11 is 1.04. The minimum absolute atomic E-state index is 0.439. The van der Waals surface area contributed by atoms with E-state index < -0.39 is 11.9 Å². The number of aromatic nitrogens is 1. The van der Waals surface area contributed by atoms with Crippen LogP contribution in [0.3, 0.4) is 0 Å². The molecule has 1 aromatic heterocycles. The Bertz CT molecular complexity index is 567. The number of guanidine groups is 1. The molecule has 0 aromatic carbocycles. The topological polar surface area (TPSA) is 52.6 Å². The Balaban J connectivity index is 1.76. The van der Waals surface area contributed by atoms with Crippen molar-refractivity contribution in [2.24, 2.45) is 10.9 Å². The maximum Gasteiger partial charge on any atom is 0.434 e. The van der Waals surface area contributed by atoms with Gasteiger partial charge in [0.25, 0.3) is 0 Å². The number of hydrogen-bond donors (Lipinski definition) is 2. The van der Waals surface area contributed by atoms with E-state index in [9.17, 15) is 13.2 Å². The van der Waals surface area contributed by atoms with Crippen molar-refractivity contribution in [3.8, 4) is 0 Å². The van der Waals surface area contributed by atoms with E-state index >= 15 is 0 Å². The van der Waals surface area contributed by atoms with Gasteiger partial charge in [-0.05, 0) is 38.8 Å². The van der Waals surface area contributed by atoms with Gasteiger partial charge in [-0.3, -0.25) is 4.99 Å². The van der Waals surface area contributed by atoms with E-state index in [1.807, 2.05) is 6.92 Å². The predicted octanol–water partition coefficient (Wildman–Crippen LogP) is 2.99. The van der Waals surface area contributed by atoms with Crippen LogP contribution in [-0.2, 0) is 12.6 Å². The first-order valence-electron chi connectivity index (χ1n) is 9.14. The van der Waals surface area contributed by atoms with Gasteiger partial charge in [-0.2, -0.15) is 13.2 Å². The molecule has 1 atom stereocenters. The van der Waals surface area contributed by atoms with Crippen molar-refractivity contribution in [1.82, 2.24) is 20.5 Å². The Morgan fingerprint density at radius 3 is 2.69 bits per heavy atom. The highest BCUT2D eigenvalue weighted by Gasteiger charge is 2.33. The van der Waals surface area contributed by atoms with Gasteiger partial charge in [0.1, 0.15) is 0 Å². The van der Waals surface area contributed by atoms with Gasteiger partial charge in [-0.15, -0.1) is 11.3 Å². The average Bonchev–Trinajstić information content (AvgIpc) is 3.24. The number of halogens is 3. The zero-order valence-electron chi connectivity index (χ0n) is 15.4. The second kappa shape index (κ2) is 10.1. The summed E-state index contributed by atoms with van der Waals surface area (Å²) in [6, 6.07) is 0. The fourth-order valence-corrected chi connectivity index (χ4v) is 3.70. The van der Waals surface area contributed by atoms with Crippen LogP contribution in [0.25, 0.3) is 0 Å². The number of hydrogen-bond acceptors (Lipinski definition) is 4. The SMILES string of the molecule is CCNC(=NCC(C)CN1CCCC1)NCCc1nc(C(F)(F)F)cs1. The van der Waals surface area contributed by atoms with Gasteiger partial charge in [-0.25, -0.2) is 4.98 Å². The molecule has 0 aliphatic carbocycles. The fourth-order valence-electron chi connectivity index (χ4n) is 2.90. The molecular formula is C17H28F3N5S. The molecule has 2 rings (SSSR count). The highest BCUT2D eigenvalue weighted by molar-refractivity contribution is 7.09. The number of rotatable bonds is 8. The standard InChI is InChI=1S/C17H28F3N5S/c1-3-21-16(23-10-13(2)11-25-8-4-5-9-25)22-7-6-15-24-14(12-26-15)17(18,19)20/h12-13H,3-11H2,1-2H3,(H2,21,22,23). The molecule has 1 unspecified atom stereocenters. The van der Waals surface area contributed by atoms with Crippen molar-refractivity contribution in [1.29, 1.82) is 0 Å². The third-order valence-corrected chi connectivity index (χ3v) is 5.06. The lowest BCUT2D eigenvalue weighted by atomic mass is 10.2. The van der Waals surface area contributed by atoms with Crippen LogP contribution in [-0.4, -0.2) is 55.1 Å². The van der Waals surface area contributed by atoms with Gasteiger partial charge in [0.15, 0.2) is 11.7 Å². The molecule has 1 fully saturated rings. The summed E-state index contributed by atoms with van der Waals surface area (Å²) in [4.78, 5) is 10.7. The largest absolute Gasteiger partial charge is 0.434 e. The Kier molecular flexibility index (Phi) is 8.15. The van der Waals surface area contributed by atoms with Gasteiger partial charge in [0.2, 0.25) is 0 Å². The first kappa shape index (κ1) is 21.0. The van der Waals surface area contributed by atoms with E-state index in [1.165, 1.54) is 25.9 Å². The highest BCUT2D eigenvalue weighted by Crippen LogP contribution is 2.29. The summed E-state index contributed by atoms with van der Waals surface area (Å²) in [7, 11) is 0. The lowest BCUT2D eigenvalue weighted by Gasteiger charge is -2.19. The smallest absolute Gasteiger partial charge is 0.357 e. The van der Waals surface area contributed by atoms with Crippen LogP contribution in [0.15, 0.2) is 10.4 Å². The molecule has 1 aliphatic heterocycles. The van der Waals surface area contributed by atoms with E-state index in [0.717, 1.165) is 36.4 Å². The molecule has 9 heteroatoms. The monoisotopic (exact) mass is 391 g/mol. The molecule has 0 bridgehead atoms. The molecule has 5 nitrogen and oxygen atoms in total. The third-order valence-electron chi connectivity index (χ3n) is 4.15. The van der Waals surface area contributed by atoms with Crippen LogP contribution in [0, 0.1) is 5.92 Å². The minimum Gasteiger partial charge on any atom is -0.357 e. The molecule has 1 aromatic rings. The summed E-state index contributed by atoms with van der Waals surface area (Å²) in [5, 5.41) is 7.89. The number of nitrogens with one attached hydrogen (secondary N) is 2. The van der Waals surface area contributed by atoms with Crippen molar-refractivity contribution in [3.05, 3.63) is 16.1 Å². The molecule has 1 saturated heterocycles. The summed E-state index contributed by atoms with van der Waals surface area (Å²) < 4.78 is 37.7. The quantitative estimate of drug-likeness (QED) is 0.528. The second-order valence-corrected chi connectivity index (χ2v) is 7.58. The van der Waals surface area contributed by atoms with E-state index in [1.54, 1.807) is 0 Å².